The van der Waals surface area contributed by atoms with Crippen molar-refractivity contribution in [2.75, 3.05) is 0 Å². The first-order valence-electron chi connectivity index (χ1n) is 3.95. The smallest absolute Gasteiger partial charge is 0.307 e. The molecule has 0 saturated heterocycles. The van der Waals surface area contributed by atoms with E-state index in [2.05, 4.69) is 0 Å². The van der Waals surface area contributed by atoms with Crippen LogP contribution in [-0.2, 0) is 11.2 Å². The van der Waals surface area contributed by atoms with E-state index in [1.165, 1.54) is 13.0 Å². The van der Waals surface area contributed by atoms with Crippen LogP contribution in [0.25, 0.3) is 0 Å². The number of aliphatic carboxylic acids is 1. The van der Waals surface area contributed by atoms with E-state index in [9.17, 15) is 9.18 Å². The maximum Gasteiger partial charge on any atom is 0.307 e. The fraction of sp³-hybridized carbons (Fsp3) is 0.200. The normalized spacial score (nSPS) is 9.50. The minimum absolute atomic E-state index is 0.0792. The van der Waals surface area contributed by atoms with Crippen molar-refractivity contribution in [3.05, 3.63) is 34.6 Å². The number of nitriles is 1. The lowest BCUT2D eigenvalue weighted by Crippen LogP contribution is -2.03. The van der Waals surface area contributed by atoms with Crippen molar-refractivity contribution in [3.8, 4) is 6.07 Å². The van der Waals surface area contributed by atoms with E-state index in [0.29, 0.717) is 11.1 Å². The minimum Gasteiger partial charge on any atom is -0.481 e. The molecule has 0 amide bonds. The van der Waals surface area contributed by atoms with E-state index in [0.717, 1.165) is 6.07 Å². The molecule has 4 heteroatoms. The summed E-state index contributed by atoms with van der Waals surface area (Å²) in [7, 11) is 0. The second-order valence-corrected chi connectivity index (χ2v) is 2.94. The number of carbonyl (C=O) groups is 1. The number of halogens is 1. The fourth-order valence-corrected chi connectivity index (χ4v) is 1.15. The molecule has 0 aliphatic rings. The number of carboxylic acid groups (broad SMARTS) is 1. The highest BCUT2D eigenvalue weighted by molar-refractivity contribution is 5.71. The van der Waals surface area contributed by atoms with Gasteiger partial charge in [-0.15, -0.1) is 0 Å². The van der Waals surface area contributed by atoms with Gasteiger partial charge in [0.25, 0.3) is 0 Å². The summed E-state index contributed by atoms with van der Waals surface area (Å²) in [6.45, 7) is 1.53. The number of aryl methyl sites for hydroxylation is 1. The summed E-state index contributed by atoms with van der Waals surface area (Å²) >= 11 is 0. The van der Waals surface area contributed by atoms with Gasteiger partial charge in [-0.25, -0.2) is 4.39 Å². The van der Waals surface area contributed by atoms with E-state index < -0.39 is 11.8 Å². The molecule has 0 aliphatic carbocycles. The van der Waals surface area contributed by atoms with Crippen molar-refractivity contribution >= 4 is 5.97 Å². The van der Waals surface area contributed by atoms with E-state index in [1.54, 1.807) is 6.07 Å². The van der Waals surface area contributed by atoms with Gasteiger partial charge < -0.3 is 5.11 Å². The molecule has 0 aliphatic heterocycles. The van der Waals surface area contributed by atoms with Gasteiger partial charge in [0, 0.05) is 0 Å². The number of carboxylic acids is 1. The molecule has 72 valence electrons. The molecule has 1 N–H and O–H groups in total. The molecule has 0 fully saturated rings. The summed E-state index contributed by atoms with van der Waals surface area (Å²) in [4.78, 5) is 10.4. The molecule has 1 aromatic carbocycles. The molecule has 1 aromatic rings. The lowest BCUT2D eigenvalue weighted by molar-refractivity contribution is -0.136. The monoisotopic (exact) mass is 193 g/mol. The Balaban J connectivity index is 3.22. The highest BCUT2D eigenvalue weighted by Crippen LogP contribution is 2.15. The molecule has 0 spiro atoms. The second-order valence-electron chi connectivity index (χ2n) is 2.94. The van der Waals surface area contributed by atoms with Crippen LogP contribution in [0.2, 0.25) is 0 Å². The average Bonchev–Trinajstić information content (AvgIpc) is 2.10. The van der Waals surface area contributed by atoms with Gasteiger partial charge in [-0.1, -0.05) is 6.07 Å². The van der Waals surface area contributed by atoms with E-state index in [4.69, 9.17) is 10.4 Å². The zero-order valence-corrected chi connectivity index (χ0v) is 7.54. The van der Waals surface area contributed by atoms with Crippen LogP contribution < -0.4 is 0 Å². The van der Waals surface area contributed by atoms with Crippen molar-refractivity contribution < 1.29 is 14.3 Å². The highest BCUT2D eigenvalue weighted by atomic mass is 19.1. The Kier molecular flexibility index (Phi) is 2.82. The minimum atomic E-state index is -1.03. The largest absolute Gasteiger partial charge is 0.481 e. The lowest BCUT2D eigenvalue weighted by Gasteiger charge is -2.03. The van der Waals surface area contributed by atoms with Crippen LogP contribution in [0.1, 0.15) is 16.7 Å². The summed E-state index contributed by atoms with van der Waals surface area (Å²) in [6, 6.07) is 4.22. The molecule has 14 heavy (non-hydrogen) atoms. The average molecular weight is 193 g/mol. The Morgan fingerprint density at radius 1 is 1.64 bits per heavy atom. The summed E-state index contributed by atoms with van der Waals surface area (Å²) in [5, 5.41) is 17.2. The van der Waals surface area contributed by atoms with Crippen molar-refractivity contribution in [2.45, 2.75) is 13.3 Å². The van der Waals surface area contributed by atoms with Crippen LogP contribution in [-0.4, -0.2) is 11.1 Å². The molecular formula is C10H8FNO2. The lowest BCUT2D eigenvalue weighted by atomic mass is 10.0. The topological polar surface area (TPSA) is 61.1 Å². The molecule has 0 unspecified atom stereocenters. The third kappa shape index (κ3) is 2.07. The third-order valence-electron chi connectivity index (χ3n) is 1.85. The third-order valence-corrected chi connectivity index (χ3v) is 1.85. The van der Waals surface area contributed by atoms with Gasteiger partial charge in [0.2, 0.25) is 0 Å². The number of hydrogen-bond donors (Lipinski definition) is 1. The molecule has 3 nitrogen and oxygen atoms in total. The van der Waals surface area contributed by atoms with Crippen LogP contribution in [0.3, 0.4) is 0 Å². The Morgan fingerprint density at radius 3 is 2.79 bits per heavy atom. The van der Waals surface area contributed by atoms with E-state index in [-0.39, 0.29) is 12.0 Å². The van der Waals surface area contributed by atoms with Crippen LogP contribution in [0.4, 0.5) is 4.39 Å². The summed E-state index contributed by atoms with van der Waals surface area (Å²) < 4.78 is 13.0. The summed E-state index contributed by atoms with van der Waals surface area (Å²) in [6.07, 6.45) is -0.260. The summed E-state index contributed by atoms with van der Waals surface area (Å²) in [5.74, 6) is -1.52. The molecule has 1 rings (SSSR count). The van der Waals surface area contributed by atoms with Gasteiger partial charge in [-0.2, -0.15) is 5.26 Å². The van der Waals surface area contributed by atoms with Gasteiger partial charge in [0.1, 0.15) is 5.82 Å². The number of hydrogen-bond acceptors (Lipinski definition) is 2. The van der Waals surface area contributed by atoms with Gasteiger partial charge in [0.05, 0.1) is 18.1 Å². The zero-order chi connectivity index (χ0) is 10.7. The fourth-order valence-electron chi connectivity index (χ4n) is 1.15. The second kappa shape index (κ2) is 3.88. The Bertz CT molecular complexity index is 421. The number of benzene rings is 1. The maximum atomic E-state index is 13.0. The molecule has 0 aromatic heterocycles. The van der Waals surface area contributed by atoms with Crippen molar-refractivity contribution in [1.29, 1.82) is 5.26 Å². The van der Waals surface area contributed by atoms with Gasteiger partial charge >= 0.3 is 5.97 Å². The predicted molar refractivity (Wildman–Crippen MR) is 47.2 cm³/mol. The molecule has 0 saturated carbocycles. The first-order valence-corrected chi connectivity index (χ1v) is 3.95. The number of rotatable bonds is 2. The van der Waals surface area contributed by atoms with E-state index >= 15 is 0 Å². The maximum absolute atomic E-state index is 13.0. The van der Waals surface area contributed by atoms with Crippen LogP contribution in [0, 0.1) is 24.1 Å². The summed E-state index contributed by atoms with van der Waals surface area (Å²) in [5.41, 5.74) is 0.773. The first-order chi connectivity index (χ1) is 6.54. The quantitative estimate of drug-likeness (QED) is 0.776. The SMILES string of the molecule is Cc1cc(CC(=O)O)c(C#N)cc1F. The van der Waals surface area contributed by atoms with Crippen LogP contribution in [0.5, 0.6) is 0 Å². The van der Waals surface area contributed by atoms with Gasteiger partial charge in [-0.3, -0.25) is 4.79 Å². The van der Waals surface area contributed by atoms with Crippen molar-refractivity contribution in [2.24, 2.45) is 0 Å². The number of nitrogens with zero attached hydrogens (tertiary/aromatic N) is 1. The Labute approximate surface area is 80.4 Å². The highest BCUT2D eigenvalue weighted by Gasteiger charge is 2.09. The molecule has 0 bridgehead atoms. The first kappa shape index (κ1) is 10.2. The standard InChI is InChI=1S/C10H8FNO2/c1-6-2-7(4-10(13)14)8(5-12)3-9(6)11/h2-3H,4H2,1H3,(H,13,14). The molecule has 0 heterocycles. The van der Waals surface area contributed by atoms with Crippen molar-refractivity contribution in [1.82, 2.24) is 0 Å². The van der Waals surface area contributed by atoms with Crippen molar-refractivity contribution in [3.63, 3.8) is 0 Å². The van der Waals surface area contributed by atoms with Gasteiger partial charge in [-0.05, 0) is 24.1 Å². The Morgan fingerprint density at radius 2 is 2.29 bits per heavy atom. The molecule has 0 atom stereocenters. The van der Waals surface area contributed by atoms with Crippen LogP contribution >= 0.6 is 0 Å². The predicted octanol–water partition coefficient (Wildman–Crippen LogP) is 1.63. The van der Waals surface area contributed by atoms with Crippen LogP contribution in [0.15, 0.2) is 12.1 Å². The zero-order valence-electron chi connectivity index (χ0n) is 7.54. The molecule has 0 radical (unpaired) electrons. The Hall–Kier alpha value is -1.89. The van der Waals surface area contributed by atoms with E-state index in [1.807, 2.05) is 0 Å². The molecular weight excluding hydrogens is 185 g/mol. The van der Waals surface area contributed by atoms with Gasteiger partial charge in [0.15, 0.2) is 0 Å².